The average Bonchev–Trinajstić information content (AvgIpc) is 3.49. The number of para-hydroxylation sites is 2. The Morgan fingerprint density at radius 1 is 0.341 bits per heavy atom. The summed E-state index contributed by atoms with van der Waals surface area (Å²) in [6, 6.07) is 62.0. The number of furan rings is 1. The Kier molecular flexibility index (Phi) is 6.51. The highest BCUT2D eigenvalue weighted by Gasteiger charge is 2.22. The minimum Gasteiger partial charge on any atom is -0.455 e. The summed E-state index contributed by atoms with van der Waals surface area (Å²) in [5, 5.41) is 2.23. The van der Waals surface area contributed by atoms with Gasteiger partial charge in [0.1, 0.15) is 11.2 Å². The molecule has 0 amide bonds. The highest BCUT2D eigenvalue weighted by atomic mass is 16.3. The zero-order valence-electron chi connectivity index (χ0n) is 24.1. The zero-order valence-corrected chi connectivity index (χ0v) is 24.1. The van der Waals surface area contributed by atoms with E-state index >= 15 is 0 Å². The molecule has 0 atom stereocenters. The molecule has 0 spiro atoms. The first-order chi connectivity index (χ1) is 21.8. The van der Waals surface area contributed by atoms with Gasteiger partial charge in [0.2, 0.25) is 0 Å². The normalized spacial score (nSPS) is 11.2. The van der Waals surface area contributed by atoms with Crippen LogP contribution in [0.2, 0.25) is 0 Å². The standard InChI is InChI=1S/C42H29NO/c1-4-12-30(13-5-1)32-20-22-34(23-21-32)41-39(29-28-38-37-18-10-11-19-40(37)44-42(38)41)43(35-16-8-3-9-17-35)36-26-24-33(25-27-36)31-14-6-2-7-15-31/h1-29H. The molecule has 0 unspecified atom stereocenters. The van der Waals surface area contributed by atoms with Crippen LogP contribution in [0.1, 0.15) is 0 Å². The first kappa shape index (κ1) is 25.8. The van der Waals surface area contributed by atoms with Gasteiger partial charge in [0.15, 0.2) is 0 Å². The van der Waals surface area contributed by atoms with E-state index in [4.69, 9.17) is 4.42 Å². The molecular weight excluding hydrogens is 534 g/mol. The summed E-state index contributed by atoms with van der Waals surface area (Å²) >= 11 is 0. The summed E-state index contributed by atoms with van der Waals surface area (Å²) in [4.78, 5) is 2.34. The van der Waals surface area contributed by atoms with Gasteiger partial charge in [0.05, 0.1) is 5.69 Å². The van der Waals surface area contributed by atoms with Gasteiger partial charge >= 0.3 is 0 Å². The van der Waals surface area contributed by atoms with E-state index in [1.165, 1.54) is 22.3 Å². The van der Waals surface area contributed by atoms with E-state index in [1.54, 1.807) is 0 Å². The second-order valence-corrected chi connectivity index (χ2v) is 11.0. The van der Waals surface area contributed by atoms with Gasteiger partial charge in [-0.05, 0) is 70.3 Å². The molecule has 0 bridgehead atoms. The van der Waals surface area contributed by atoms with Gasteiger partial charge in [0, 0.05) is 27.7 Å². The summed E-state index contributed by atoms with van der Waals surface area (Å²) in [6.07, 6.45) is 0. The summed E-state index contributed by atoms with van der Waals surface area (Å²) in [7, 11) is 0. The van der Waals surface area contributed by atoms with Crippen LogP contribution in [0, 0.1) is 0 Å². The van der Waals surface area contributed by atoms with Crippen molar-refractivity contribution in [1.82, 2.24) is 0 Å². The average molecular weight is 564 g/mol. The fraction of sp³-hybridized carbons (Fsp3) is 0. The Morgan fingerprint density at radius 2 is 0.818 bits per heavy atom. The number of fused-ring (bicyclic) bond motifs is 3. The summed E-state index contributed by atoms with van der Waals surface area (Å²) < 4.78 is 6.67. The van der Waals surface area contributed by atoms with Gasteiger partial charge in [-0.15, -0.1) is 0 Å². The molecule has 0 aliphatic carbocycles. The molecule has 1 aromatic heterocycles. The van der Waals surface area contributed by atoms with E-state index in [2.05, 4.69) is 175 Å². The van der Waals surface area contributed by atoms with Gasteiger partial charge in [-0.1, -0.05) is 133 Å². The topological polar surface area (TPSA) is 16.4 Å². The largest absolute Gasteiger partial charge is 0.455 e. The van der Waals surface area contributed by atoms with Crippen LogP contribution in [0.4, 0.5) is 17.1 Å². The van der Waals surface area contributed by atoms with Gasteiger partial charge in [0.25, 0.3) is 0 Å². The molecule has 0 N–H and O–H groups in total. The van der Waals surface area contributed by atoms with Crippen molar-refractivity contribution in [2.45, 2.75) is 0 Å². The lowest BCUT2D eigenvalue weighted by Crippen LogP contribution is -2.11. The molecule has 2 heteroatoms. The lowest BCUT2D eigenvalue weighted by atomic mass is 9.96. The number of rotatable bonds is 6. The zero-order chi connectivity index (χ0) is 29.3. The van der Waals surface area contributed by atoms with Crippen LogP contribution in [-0.4, -0.2) is 0 Å². The number of hydrogen-bond acceptors (Lipinski definition) is 2. The third-order valence-electron chi connectivity index (χ3n) is 8.29. The lowest BCUT2D eigenvalue weighted by Gasteiger charge is -2.28. The molecule has 0 aliphatic rings. The SMILES string of the molecule is c1ccc(-c2ccc(-c3c(N(c4ccccc4)c4ccc(-c5ccccc5)cc4)ccc4c3oc3ccccc34)cc2)cc1. The molecular formula is C42H29NO. The van der Waals surface area contributed by atoms with E-state index in [1.807, 2.05) is 6.07 Å². The third-order valence-corrected chi connectivity index (χ3v) is 8.29. The third kappa shape index (κ3) is 4.63. The van der Waals surface area contributed by atoms with Gasteiger partial charge in [-0.25, -0.2) is 0 Å². The van der Waals surface area contributed by atoms with Crippen LogP contribution < -0.4 is 4.90 Å². The fourth-order valence-corrected chi connectivity index (χ4v) is 6.14. The molecule has 44 heavy (non-hydrogen) atoms. The maximum absolute atomic E-state index is 6.67. The highest BCUT2D eigenvalue weighted by Crippen LogP contribution is 2.46. The van der Waals surface area contributed by atoms with Crippen molar-refractivity contribution >= 4 is 39.0 Å². The predicted molar refractivity (Wildman–Crippen MR) is 185 cm³/mol. The second kappa shape index (κ2) is 11.1. The summed E-state index contributed by atoms with van der Waals surface area (Å²) in [5.74, 6) is 0. The number of anilines is 3. The predicted octanol–water partition coefficient (Wildman–Crippen LogP) is 12.1. The highest BCUT2D eigenvalue weighted by molar-refractivity contribution is 6.13. The van der Waals surface area contributed by atoms with Crippen molar-refractivity contribution in [3.05, 3.63) is 176 Å². The van der Waals surface area contributed by atoms with Crippen molar-refractivity contribution in [1.29, 1.82) is 0 Å². The Bertz CT molecular complexity index is 2180. The molecule has 8 rings (SSSR count). The number of hydrogen-bond donors (Lipinski definition) is 0. The Balaban J connectivity index is 1.35. The van der Waals surface area contributed by atoms with E-state index in [0.717, 1.165) is 50.1 Å². The van der Waals surface area contributed by atoms with Crippen molar-refractivity contribution < 1.29 is 4.42 Å². The molecule has 0 saturated carbocycles. The molecule has 0 saturated heterocycles. The van der Waals surface area contributed by atoms with Crippen LogP contribution in [0.15, 0.2) is 180 Å². The minimum atomic E-state index is 0.887. The van der Waals surface area contributed by atoms with Crippen LogP contribution in [0.5, 0.6) is 0 Å². The van der Waals surface area contributed by atoms with E-state index in [0.29, 0.717) is 0 Å². The van der Waals surface area contributed by atoms with Crippen molar-refractivity contribution in [2.75, 3.05) is 4.90 Å². The second-order valence-electron chi connectivity index (χ2n) is 11.0. The molecule has 0 radical (unpaired) electrons. The molecule has 0 aliphatic heterocycles. The fourth-order valence-electron chi connectivity index (χ4n) is 6.14. The van der Waals surface area contributed by atoms with Crippen LogP contribution in [-0.2, 0) is 0 Å². The van der Waals surface area contributed by atoms with Crippen LogP contribution >= 0.6 is 0 Å². The molecule has 208 valence electrons. The Labute approximate surface area is 257 Å². The maximum Gasteiger partial charge on any atom is 0.145 e. The Hall–Kier alpha value is -5.86. The molecule has 0 fully saturated rings. The summed E-state index contributed by atoms with van der Waals surface area (Å²) in [6.45, 7) is 0. The number of nitrogens with zero attached hydrogens (tertiary/aromatic N) is 1. The van der Waals surface area contributed by atoms with Crippen molar-refractivity contribution in [3.63, 3.8) is 0 Å². The van der Waals surface area contributed by atoms with Gasteiger partial charge in [-0.3, -0.25) is 0 Å². The first-order valence-corrected chi connectivity index (χ1v) is 14.9. The Morgan fingerprint density at radius 3 is 1.45 bits per heavy atom. The summed E-state index contributed by atoms with van der Waals surface area (Å²) in [5.41, 5.74) is 11.9. The molecule has 1 heterocycles. The van der Waals surface area contributed by atoms with E-state index in [-0.39, 0.29) is 0 Å². The van der Waals surface area contributed by atoms with E-state index in [9.17, 15) is 0 Å². The van der Waals surface area contributed by atoms with E-state index < -0.39 is 0 Å². The van der Waals surface area contributed by atoms with Crippen LogP contribution in [0.25, 0.3) is 55.3 Å². The van der Waals surface area contributed by atoms with Gasteiger partial charge in [-0.2, -0.15) is 0 Å². The smallest absolute Gasteiger partial charge is 0.145 e. The number of benzene rings is 7. The maximum atomic E-state index is 6.67. The molecule has 7 aromatic carbocycles. The molecule has 8 aromatic rings. The van der Waals surface area contributed by atoms with Crippen molar-refractivity contribution in [2.24, 2.45) is 0 Å². The first-order valence-electron chi connectivity index (χ1n) is 14.9. The van der Waals surface area contributed by atoms with Crippen molar-refractivity contribution in [3.8, 4) is 33.4 Å². The monoisotopic (exact) mass is 563 g/mol. The minimum absolute atomic E-state index is 0.887. The lowest BCUT2D eigenvalue weighted by molar-refractivity contribution is 0.670. The van der Waals surface area contributed by atoms with Gasteiger partial charge < -0.3 is 9.32 Å². The van der Waals surface area contributed by atoms with Crippen LogP contribution in [0.3, 0.4) is 0 Å². The molecule has 2 nitrogen and oxygen atoms in total. The quantitative estimate of drug-likeness (QED) is 0.200.